The molecule has 1 aliphatic rings. The van der Waals surface area contributed by atoms with E-state index in [2.05, 4.69) is 0 Å². The minimum Gasteiger partial charge on any atom is -0.309 e. The molecule has 1 amide bonds. The molecule has 1 aliphatic heterocycles. The second kappa shape index (κ2) is 4.44. The highest BCUT2D eigenvalue weighted by Crippen LogP contribution is 2.28. The van der Waals surface area contributed by atoms with Gasteiger partial charge in [-0.25, -0.2) is 0 Å². The lowest BCUT2D eigenvalue weighted by atomic mass is 10.0. The number of rotatable bonds is 1. The number of benzene rings is 1. The number of anilines is 1. The molecule has 0 radical (unpaired) electrons. The number of fused-ring (bicyclic) bond motifs is 1. The fourth-order valence-electron chi connectivity index (χ4n) is 1.76. The van der Waals surface area contributed by atoms with Gasteiger partial charge in [0.15, 0.2) is 10.6 Å². The summed E-state index contributed by atoms with van der Waals surface area (Å²) in [5, 5.41) is 0. The molecule has 1 aromatic rings. The zero-order valence-electron chi connectivity index (χ0n) is 8.32. The smallest absolute Gasteiger partial charge is 0.260 e. The number of carbonyl (C=O) groups excluding carboxylic acids is 2. The number of amides is 1. The summed E-state index contributed by atoms with van der Waals surface area (Å²) in [6.45, 7) is 0.338. The number of alkyl halides is 2. The van der Waals surface area contributed by atoms with Crippen LogP contribution in [0, 0.1) is 0 Å². The molecule has 0 saturated heterocycles. The van der Waals surface area contributed by atoms with Crippen LogP contribution in [0.3, 0.4) is 0 Å². The van der Waals surface area contributed by atoms with Crippen molar-refractivity contribution in [1.82, 2.24) is 0 Å². The molecule has 0 aliphatic carbocycles. The fourth-order valence-corrected chi connectivity index (χ4v) is 2.00. The Labute approximate surface area is 103 Å². The molecule has 16 heavy (non-hydrogen) atoms. The van der Waals surface area contributed by atoms with E-state index in [4.69, 9.17) is 23.2 Å². The summed E-state index contributed by atoms with van der Waals surface area (Å²) >= 11 is 11.1. The lowest BCUT2D eigenvalue weighted by Gasteiger charge is -2.28. The quantitative estimate of drug-likeness (QED) is 0.725. The maximum atomic E-state index is 11.7. The summed E-state index contributed by atoms with van der Waals surface area (Å²) in [5.41, 5.74) is 1.14. The van der Waals surface area contributed by atoms with Gasteiger partial charge < -0.3 is 4.90 Å². The Hall–Kier alpha value is -1.06. The lowest BCUT2D eigenvalue weighted by Crippen LogP contribution is -2.40. The van der Waals surface area contributed by atoms with Gasteiger partial charge in [0.1, 0.15) is 0 Å². The van der Waals surface area contributed by atoms with Crippen LogP contribution in [0.4, 0.5) is 5.69 Å². The van der Waals surface area contributed by atoms with E-state index in [0.29, 0.717) is 24.2 Å². The van der Waals surface area contributed by atoms with E-state index in [0.717, 1.165) is 0 Å². The van der Waals surface area contributed by atoms with Gasteiger partial charge in [-0.2, -0.15) is 0 Å². The molecule has 1 aromatic carbocycles. The van der Waals surface area contributed by atoms with Crippen LogP contribution in [-0.4, -0.2) is 23.1 Å². The largest absolute Gasteiger partial charge is 0.309 e. The Bertz CT molecular complexity index is 445. The number of ketones is 1. The second-order valence-corrected chi connectivity index (χ2v) is 4.58. The van der Waals surface area contributed by atoms with Gasteiger partial charge in [-0.15, -0.1) is 0 Å². The number of carbonyl (C=O) groups is 2. The minimum atomic E-state index is -1.10. The third-order valence-electron chi connectivity index (χ3n) is 2.51. The predicted octanol–water partition coefficient (Wildman–Crippen LogP) is 2.41. The molecule has 0 aromatic heterocycles. The van der Waals surface area contributed by atoms with Crippen molar-refractivity contribution in [2.45, 2.75) is 11.3 Å². The van der Waals surface area contributed by atoms with Gasteiger partial charge in [0.25, 0.3) is 5.91 Å². The van der Waals surface area contributed by atoms with Crippen molar-refractivity contribution >= 4 is 40.6 Å². The first-order valence-corrected chi connectivity index (χ1v) is 5.70. The standard InChI is InChI=1S/C11H9Cl2NO2/c12-10(13)11(16)14-6-5-9(15)7-3-1-2-4-8(7)14/h1-4,10H,5-6H2. The maximum Gasteiger partial charge on any atom is 0.260 e. The van der Waals surface area contributed by atoms with Gasteiger partial charge in [-0.05, 0) is 12.1 Å². The molecular formula is C11H9Cl2NO2. The molecular weight excluding hydrogens is 249 g/mol. The van der Waals surface area contributed by atoms with Gasteiger partial charge in [0.05, 0.1) is 5.69 Å². The predicted molar refractivity (Wildman–Crippen MR) is 63.2 cm³/mol. The van der Waals surface area contributed by atoms with Crippen LogP contribution in [-0.2, 0) is 4.79 Å². The molecule has 0 atom stereocenters. The molecule has 0 bridgehead atoms. The lowest BCUT2D eigenvalue weighted by molar-refractivity contribution is -0.117. The van der Waals surface area contributed by atoms with Gasteiger partial charge >= 0.3 is 0 Å². The third kappa shape index (κ3) is 1.93. The van der Waals surface area contributed by atoms with E-state index in [9.17, 15) is 9.59 Å². The molecule has 0 N–H and O–H groups in total. The van der Waals surface area contributed by atoms with Crippen molar-refractivity contribution in [3.05, 3.63) is 29.8 Å². The maximum absolute atomic E-state index is 11.7. The van der Waals surface area contributed by atoms with E-state index in [-0.39, 0.29) is 11.7 Å². The zero-order valence-corrected chi connectivity index (χ0v) is 9.83. The van der Waals surface area contributed by atoms with Crippen LogP contribution in [0.15, 0.2) is 24.3 Å². The number of Topliss-reactive ketones (excluding diaryl/α,β-unsaturated/α-hetero) is 1. The average Bonchev–Trinajstić information content (AvgIpc) is 2.29. The highest BCUT2D eigenvalue weighted by atomic mass is 35.5. The van der Waals surface area contributed by atoms with Crippen LogP contribution in [0.2, 0.25) is 0 Å². The second-order valence-electron chi connectivity index (χ2n) is 3.48. The molecule has 2 rings (SSSR count). The van der Waals surface area contributed by atoms with Crippen LogP contribution >= 0.6 is 23.2 Å². The summed E-state index contributed by atoms with van der Waals surface area (Å²) in [6, 6.07) is 6.97. The Morgan fingerprint density at radius 2 is 2.00 bits per heavy atom. The van der Waals surface area contributed by atoms with Crippen LogP contribution in [0.1, 0.15) is 16.8 Å². The Balaban J connectivity index is 2.42. The summed E-state index contributed by atoms with van der Waals surface area (Å²) in [5.74, 6) is -0.344. The van der Waals surface area contributed by atoms with Crippen LogP contribution < -0.4 is 4.90 Å². The zero-order chi connectivity index (χ0) is 11.7. The monoisotopic (exact) mass is 257 g/mol. The number of hydrogen-bond acceptors (Lipinski definition) is 2. The average molecular weight is 258 g/mol. The normalized spacial score (nSPS) is 15.2. The van der Waals surface area contributed by atoms with Crippen LogP contribution in [0.25, 0.3) is 0 Å². The van der Waals surface area contributed by atoms with Crippen molar-refractivity contribution in [1.29, 1.82) is 0 Å². The van der Waals surface area contributed by atoms with E-state index in [1.807, 2.05) is 0 Å². The molecule has 1 heterocycles. The van der Waals surface area contributed by atoms with E-state index in [1.54, 1.807) is 24.3 Å². The number of hydrogen-bond donors (Lipinski definition) is 0. The minimum absolute atomic E-state index is 0.0420. The van der Waals surface area contributed by atoms with Gasteiger partial charge in [0, 0.05) is 18.5 Å². The van der Waals surface area contributed by atoms with Gasteiger partial charge in [0.2, 0.25) is 0 Å². The first-order chi connectivity index (χ1) is 7.61. The Morgan fingerprint density at radius 1 is 1.31 bits per heavy atom. The van der Waals surface area contributed by atoms with E-state index < -0.39 is 4.84 Å². The van der Waals surface area contributed by atoms with Crippen LogP contribution in [0.5, 0.6) is 0 Å². The third-order valence-corrected chi connectivity index (χ3v) is 2.88. The van der Waals surface area contributed by atoms with E-state index in [1.165, 1.54) is 4.90 Å². The fraction of sp³-hybridized carbons (Fsp3) is 0.273. The molecule has 3 nitrogen and oxygen atoms in total. The SMILES string of the molecule is O=C1CCN(C(=O)C(Cl)Cl)c2ccccc21. The summed E-state index contributed by atoms with van der Waals surface area (Å²) in [7, 11) is 0. The highest BCUT2D eigenvalue weighted by Gasteiger charge is 2.29. The molecule has 5 heteroatoms. The summed E-state index contributed by atoms with van der Waals surface area (Å²) < 4.78 is 0. The van der Waals surface area contributed by atoms with Crippen molar-refractivity contribution in [2.75, 3.05) is 11.4 Å². The van der Waals surface area contributed by atoms with Gasteiger partial charge in [-0.1, -0.05) is 35.3 Å². The van der Waals surface area contributed by atoms with Crippen molar-refractivity contribution in [2.24, 2.45) is 0 Å². The topological polar surface area (TPSA) is 37.4 Å². The number of nitrogens with zero attached hydrogens (tertiary/aromatic N) is 1. The van der Waals surface area contributed by atoms with E-state index >= 15 is 0 Å². The van der Waals surface area contributed by atoms with Crippen molar-refractivity contribution in [3.63, 3.8) is 0 Å². The van der Waals surface area contributed by atoms with Crippen molar-refractivity contribution in [3.8, 4) is 0 Å². The van der Waals surface area contributed by atoms with Gasteiger partial charge in [-0.3, -0.25) is 9.59 Å². The number of halogens is 2. The molecule has 84 valence electrons. The summed E-state index contributed by atoms with van der Waals surface area (Å²) in [6.07, 6.45) is 0.309. The summed E-state index contributed by atoms with van der Waals surface area (Å²) in [4.78, 5) is 23.7. The molecule has 0 unspecified atom stereocenters. The van der Waals surface area contributed by atoms with Crippen molar-refractivity contribution < 1.29 is 9.59 Å². The Kier molecular flexibility index (Phi) is 3.17. The molecule has 0 spiro atoms. The first-order valence-electron chi connectivity index (χ1n) is 4.83. The number of para-hydroxylation sites is 1. The highest BCUT2D eigenvalue weighted by molar-refractivity contribution is 6.54. The molecule has 0 fully saturated rings. The Morgan fingerprint density at radius 3 is 2.69 bits per heavy atom. The molecule has 0 saturated carbocycles. The first kappa shape index (κ1) is 11.4.